The van der Waals surface area contributed by atoms with Crippen molar-refractivity contribution in [1.29, 1.82) is 0 Å². The molecule has 3 rings (SSSR count). The van der Waals surface area contributed by atoms with E-state index in [4.69, 9.17) is 0 Å². The van der Waals surface area contributed by atoms with E-state index in [-0.39, 0.29) is 0 Å². The van der Waals surface area contributed by atoms with Crippen LogP contribution in [0.15, 0.2) is 16.9 Å². The first-order chi connectivity index (χ1) is 9.28. The summed E-state index contributed by atoms with van der Waals surface area (Å²) >= 11 is 3.47. The van der Waals surface area contributed by atoms with Gasteiger partial charge >= 0.3 is 0 Å². The molecule has 3 atom stereocenters. The Hall–Kier alpha value is -0.390. The van der Waals surface area contributed by atoms with E-state index in [1.165, 1.54) is 32.1 Å². The number of hydrogen-bond donors (Lipinski definition) is 1. The number of halogens is 1. The SMILES string of the molecule is OC[C@H]1CCCN1[C@H]1CCC[C@@H](n2cc(Br)cn2)C1. The Labute approximate surface area is 122 Å². The van der Waals surface area contributed by atoms with Crippen LogP contribution in [0.2, 0.25) is 0 Å². The minimum Gasteiger partial charge on any atom is -0.395 e. The van der Waals surface area contributed by atoms with E-state index in [1.807, 2.05) is 6.20 Å². The molecule has 0 unspecified atom stereocenters. The molecule has 4 nitrogen and oxygen atoms in total. The Kier molecular flexibility index (Phi) is 4.24. The first-order valence-electron chi connectivity index (χ1n) is 7.34. The monoisotopic (exact) mass is 327 g/mol. The van der Waals surface area contributed by atoms with Gasteiger partial charge in [0.1, 0.15) is 0 Å². The zero-order chi connectivity index (χ0) is 13.2. The third-order valence-electron chi connectivity index (χ3n) is 4.67. The summed E-state index contributed by atoms with van der Waals surface area (Å²) in [6.45, 7) is 1.47. The largest absolute Gasteiger partial charge is 0.395 e. The number of rotatable bonds is 3. The number of nitrogens with zero attached hydrogens (tertiary/aromatic N) is 3. The first kappa shape index (κ1) is 13.6. The third-order valence-corrected chi connectivity index (χ3v) is 5.07. The number of aromatic nitrogens is 2. The molecule has 0 amide bonds. The molecule has 1 aliphatic carbocycles. The minimum atomic E-state index is 0.314. The fourth-order valence-corrected chi connectivity index (χ4v) is 4.03. The van der Waals surface area contributed by atoms with Gasteiger partial charge in [-0.15, -0.1) is 0 Å². The van der Waals surface area contributed by atoms with Crippen molar-refractivity contribution in [3.05, 3.63) is 16.9 Å². The van der Waals surface area contributed by atoms with Crippen LogP contribution in [0.5, 0.6) is 0 Å². The lowest BCUT2D eigenvalue weighted by molar-refractivity contribution is 0.0828. The summed E-state index contributed by atoms with van der Waals surface area (Å²) < 4.78 is 3.17. The molecule has 1 aromatic rings. The molecule has 5 heteroatoms. The van der Waals surface area contributed by atoms with Gasteiger partial charge < -0.3 is 5.11 Å². The van der Waals surface area contributed by atoms with E-state index in [9.17, 15) is 5.11 Å². The van der Waals surface area contributed by atoms with Crippen LogP contribution in [0.25, 0.3) is 0 Å². The van der Waals surface area contributed by atoms with Crippen molar-refractivity contribution in [2.75, 3.05) is 13.2 Å². The lowest BCUT2D eigenvalue weighted by Crippen LogP contribution is -2.43. The molecule has 1 saturated carbocycles. The van der Waals surface area contributed by atoms with E-state index in [0.717, 1.165) is 17.4 Å². The smallest absolute Gasteiger partial charge is 0.0632 e. The maximum atomic E-state index is 9.49. The van der Waals surface area contributed by atoms with Gasteiger partial charge in [-0.05, 0) is 61.0 Å². The Morgan fingerprint density at radius 1 is 1.26 bits per heavy atom. The fourth-order valence-electron chi connectivity index (χ4n) is 3.73. The molecule has 0 radical (unpaired) electrons. The summed E-state index contributed by atoms with van der Waals surface area (Å²) in [6.07, 6.45) is 11.3. The molecule has 1 aromatic heterocycles. The molecule has 0 aromatic carbocycles. The standard InChI is InChI=1S/C14H22BrN3O/c15-11-8-16-18(9-11)13-4-1-3-12(7-13)17-6-2-5-14(17)10-19/h8-9,12-14,19H,1-7,10H2/t12-,13+,14+/m0/s1. The average molecular weight is 328 g/mol. The highest BCUT2D eigenvalue weighted by atomic mass is 79.9. The zero-order valence-corrected chi connectivity index (χ0v) is 12.8. The molecule has 19 heavy (non-hydrogen) atoms. The Morgan fingerprint density at radius 2 is 2.11 bits per heavy atom. The molecule has 1 saturated heterocycles. The van der Waals surface area contributed by atoms with Gasteiger partial charge in [-0.3, -0.25) is 9.58 Å². The van der Waals surface area contributed by atoms with Crippen LogP contribution >= 0.6 is 15.9 Å². The third kappa shape index (κ3) is 2.88. The normalized spacial score (nSPS) is 32.8. The molecule has 2 fully saturated rings. The Bertz CT molecular complexity index is 423. The van der Waals surface area contributed by atoms with Crippen molar-refractivity contribution in [1.82, 2.24) is 14.7 Å². The quantitative estimate of drug-likeness (QED) is 0.927. The van der Waals surface area contributed by atoms with Gasteiger partial charge in [-0.25, -0.2) is 0 Å². The molecular formula is C14H22BrN3O. The molecule has 0 spiro atoms. The van der Waals surface area contributed by atoms with Gasteiger partial charge in [-0.1, -0.05) is 0 Å². The molecule has 0 bridgehead atoms. The summed E-state index contributed by atoms with van der Waals surface area (Å²) in [7, 11) is 0. The predicted molar refractivity (Wildman–Crippen MR) is 78.0 cm³/mol. The fraction of sp³-hybridized carbons (Fsp3) is 0.786. The minimum absolute atomic E-state index is 0.314. The lowest BCUT2D eigenvalue weighted by atomic mass is 9.89. The topological polar surface area (TPSA) is 41.3 Å². The maximum Gasteiger partial charge on any atom is 0.0632 e. The molecule has 2 aliphatic rings. The second-order valence-electron chi connectivity index (χ2n) is 5.83. The second kappa shape index (κ2) is 5.94. The summed E-state index contributed by atoms with van der Waals surface area (Å²) in [5, 5.41) is 13.9. The van der Waals surface area contributed by atoms with Gasteiger partial charge in [0.2, 0.25) is 0 Å². The van der Waals surface area contributed by atoms with Gasteiger partial charge in [0.25, 0.3) is 0 Å². The summed E-state index contributed by atoms with van der Waals surface area (Å²) in [6, 6.07) is 1.54. The first-order valence-corrected chi connectivity index (χ1v) is 8.13. The molecule has 2 heterocycles. The lowest BCUT2D eigenvalue weighted by Gasteiger charge is -2.38. The summed E-state index contributed by atoms with van der Waals surface area (Å²) in [5.41, 5.74) is 0. The molecule has 1 aliphatic heterocycles. The number of aliphatic hydroxyl groups is 1. The van der Waals surface area contributed by atoms with E-state index < -0.39 is 0 Å². The van der Waals surface area contributed by atoms with Gasteiger partial charge in [0, 0.05) is 18.3 Å². The van der Waals surface area contributed by atoms with Crippen LogP contribution < -0.4 is 0 Å². The van der Waals surface area contributed by atoms with Crippen LogP contribution in [0.3, 0.4) is 0 Å². The van der Waals surface area contributed by atoms with Gasteiger partial charge in [0.15, 0.2) is 0 Å². The maximum absolute atomic E-state index is 9.49. The van der Waals surface area contributed by atoms with Crippen LogP contribution in [-0.2, 0) is 0 Å². The van der Waals surface area contributed by atoms with Crippen LogP contribution in [-0.4, -0.2) is 45.0 Å². The number of aliphatic hydroxyl groups excluding tert-OH is 1. The molecular weight excluding hydrogens is 306 g/mol. The van der Waals surface area contributed by atoms with Crippen molar-refractivity contribution in [2.45, 2.75) is 56.7 Å². The Morgan fingerprint density at radius 3 is 2.84 bits per heavy atom. The van der Waals surface area contributed by atoms with E-state index in [0.29, 0.717) is 24.7 Å². The van der Waals surface area contributed by atoms with Crippen molar-refractivity contribution in [3.8, 4) is 0 Å². The van der Waals surface area contributed by atoms with E-state index in [1.54, 1.807) is 0 Å². The zero-order valence-electron chi connectivity index (χ0n) is 11.2. The second-order valence-corrected chi connectivity index (χ2v) is 6.74. The van der Waals surface area contributed by atoms with Crippen LogP contribution in [0, 0.1) is 0 Å². The highest BCUT2D eigenvalue weighted by Gasteiger charge is 2.34. The van der Waals surface area contributed by atoms with Crippen molar-refractivity contribution in [3.63, 3.8) is 0 Å². The highest BCUT2D eigenvalue weighted by molar-refractivity contribution is 9.10. The molecule has 106 valence electrons. The number of hydrogen-bond acceptors (Lipinski definition) is 3. The van der Waals surface area contributed by atoms with E-state index in [2.05, 4.69) is 36.8 Å². The summed E-state index contributed by atoms with van der Waals surface area (Å²) in [4.78, 5) is 2.55. The van der Waals surface area contributed by atoms with Crippen LogP contribution in [0.1, 0.15) is 44.6 Å². The van der Waals surface area contributed by atoms with E-state index >= 15 is 0 Å². The average Bonchev–Trinajstić information content (AvgIpc) is 3.07. The molecule has 1 N–H and O–H groups in total. The highest BCUT2D eigenvalue weighted by Crippen LogP contribution is 2.34. The summed E-state index contributed by atoms with van der Waals surface area (Å²) in [5.74, 6) is 0. The van der Waals surface area contributed by atoms with Gasteiger partial charge in [0.05, 0.1) is 23.3 Å². The van der Waals surface area contributed by atoms with Crippen molar-refractivity contribution < 1.29 is 5.11 Å². The van der Waals surface area contributed by atoms with Crippen molar-refractivity contribution in [2.24, 2.45) is 0 Å². The predicted octanol–water partition coefficient (Wildman–Crippen LogP) is 2.59. The Balaban J connectivity index is 1.67. The number of likely N-dealkylation sites (tertiary alicyclic amines) is 1. The van der Waals surface area contributed by atoms with Gasteiger partial charge in [-0.2, -0.15) is 5.10 Å². The van der Waals surface area contributed by atoms with Crippen molar-refractivity contribution >= 4 is 15.9 Å². The van der Waals surface area contributed by atoms with Crippen LogP contribution in [0.4, 0.5) is 0 Å².